The van der Waals surface area contributed by atoms with Gasteiger partial charge in [0.2, 0.25) is 0 Å². The van der Waals surface area contributed by atoms with Gasteiger partial charge in [0.1, 0.15) is 0 Å². The first kappa shape index (κ1) is 13.5. The van der Waals surface area contributed by atoms with Crippen molar-refractivity contribution < 1.29 is 0 Å². The second-order valence-corrected chi connectivity index (χ2v) is 4.37. The zero-order chi connectivity index (χ0) is 10.8. The third-order valence-corrected chi connectivity index (χ3v) is 2.39. The Morgan fingerprint density at radius 2 is 1.64 bits per heavy atom. The Bertz CT molecular complexity index is 180. The fraction of sp³-hybridized carbons (Fsp3) is 0.714. The van der Waals surface area contributed by atoms with Crippen molar-refractivity contribution in [2.45, 2.75) is 66.2 Å². The second-order valence-electron chi connectivity index (χ2n) is 4.37. The minimum Gasteiger partial charge on any atom is -0.0856 e. The molecule has 0 rings (SSSR count). The molecule has 0 nitrogen and oxygen atoms in total. The van der Waals surface area contributed by atoms with E-state index >= 15 is 0 Å². The average Bonchev–Trinajstić information content (AvgIpc) is 2.12. The highest BCUT2D eigenvalue weighted by atomic mass is 14.0. The minimum atomic E-state index is 1.21. The molecule has 0 aromatic rings. The summed E-state index contributed by atoms with van der Waals surface area (Å²) in [6.07, 6.45) is 12.5. The van der Waals surface area contributed by atoms with Crippen molar-refractivity contribution in [1.29, 1.82) is 0 Å². The van der Waals surface area contributed by atoms with E-state index in [2.05, 4.69) is 39.8 Å². The minimum absolute atomic E-state index is 1.21. The molecular formula is C14H26. The molecule has 0 aromatic heterocycles. The maximum Gasteiger partial charge on any atom is -0.0288 e. The summed E-state index contributed by atoms with van der Waals surface area (Å²) in [5.41, 5.74) is 2.99. The van der Waals surface area contributed by atoms with Crippen molar-refractivity contribution in [2.24, 2.45) is 0 Å². The molecule has 0 bridgehead atoms. The Kier molecular flexibility index (Phi) is 8.72. The first-order valence-corrected chi connectivity index (χ1v) is 5.95. The van der Waals surface area contributed by atoms with Crippen molar-refractivity contribution in [3.63, 3.8) is 0 Å². The van der Waals surface area contributed by atoms with Crippen LogP contribution in [0.25, 0.3) is 0 Å². The fourth-order valence-corrected chi connectivity index (χ4v) is 1.43. The topological polar surface area (TPSA) is 0 Å². The van der Waals surface area contributed by atoms with Crippen molar-refractivity contribution in [1.82, 2.24) is 0 Å². The fourth-order valence-electron chi connectivity index (χ4n) is 1.43. The van der Waals surface area contributed by atoms with E-state index in [0.717, 1.165) is 0 Å². The summed E-state index contributed by atoms with van der Waals surface area (Å²) in [5.74, 6) is 0. The van der Waals surface area contributed by atoms with Crippen LogP contribution in [0.2, 0.25) is 0 Å². The summed E-state index contributed by atoms with van der Waals surface area (Å²) in [7, 11) is 0. The molecule has 0 aliphatic rings. The van der Waals surface area contributed by atoms with Gasteiger partial charge in [0.05, 0.1) is 0 Å². The van der Waals surface area contributed by atoms with Gasteiger partial charge in [0.25, 0.3) is 0 Å². The van der Waals surface area contributed by atoms with E-state index in [1.807, 2.05) is 0 Å². The molecule has 0 atom stereocenters. The van der Waals surface area contributed by atoms with Gasteiger partial charge >= 0.3 is 0 Å². The van der Waals surface area contributed by atoms with Crippen LogP contribution in [0.1, 0.15) is 66.2 Å². The van der Waals surface area contributed by atoms with E-state index in [9.17, 15) is 0 Å². The van der Waals surface area contributed by atoms with Gasteiger partial charge in [-0.05, 0) is 46.5 Å². The molecule has 0 saturated heterocycles. The molecule has 0 saturated carbocycles. The maximum atomic E-state index is 2.41. The molecule has 0 aliphatic heterocycles. The van der Waals surface area contributed by atoms with Crippen molar-refractivity contribution in [3.05, 3.63) is 23.3 Å². The van der Waals surface area contributed by atoms with Gasteiger partial charge in [0, 0.05) is 0 Å². The second kappa shape index (κ2) is 9.05. The monoisotopic (exact) mass is 194 g/mol. The summed E-state index contributed by atoms with van der Waals surface area (Å²) in [5, 5.41) is 0. The van der Waals surface area contributed by atoms with E-state index in [1.165, 1.54) is 44.1 Å². The average molecular weight is 194 g/mol. The van der Waals surface area contributed by atoms with Crippen LogP contribution >= 0.6 is 0 Å². The highest BCUT2D eigenvalue weighted by Crippen LogP contribution is 2.09. The summed E-state index contributed by atoms with van der Waals surface area (Å²) < 4.78 is 0. The molecule has 0 radical (unpaired) electrons. The predicted octanol–water partition coefficient (Wildman–Crippen LogP) is 5.26. The zero-order valence-corrected chi connectivity index (χ0v) is 10.4. The largest absolute Gasteiger partial charge is 0.0856 e. The lowest BCUT2D eigenvalue weighted by molar-refractivity contribution is 0.725. The Hall–Kier alpha value is -0.520. The molecule has 0 aromatic carbocycles. The van der Waals surface area contributed by atoms with Crippen molar-refractivity contribution in [3.8, 4) is 0 Å². The van der Waals surface area contributed by atoms with Crippen LogP contribution in [0.5, 0.6) is 0 Å². The van der Waals surface area contributed by atoms with E-state index in [1.54, 1.807) is 5.57 Å². The molecule has 0 aliphatic carbocycles. The van der Waals surface area contributed by atoms with E-state index in [-0.39, 0.29) is 0 Å². The number of unbranched alkanes of at least 4 members (excludes halogenated alkanes) is 3. The van der Waals surface area contributed by atoms with Crippen LogP contribution in [0.15, 0.2) is 23.3 Å². The molecule has 0 heterocycles. The summed E-state index contributed by atoms with van der Waals surface area (Å²) in [6, 6.07) is 0. The lowest BCUT2D eigenvalue weighted by atomic mass is 10.1. The van der Waals surface area contributed by atoms with Crippen molar-refractivity contribution >= 4 is 0 Å². The Balaban J connectivity index is 3.52. The Morgan fingerprint density at radius 1 is 0.929 bits per heavy atom. The SMILES string of the molecule is CCCCC/C=C(\C)CCC=C(C)C. The van der Waals surface area contributed by atoms with Gasteiger partial charge in [-0.25, -0.2) is 0 Å². The zero-order valence-electron chi connectivity index (χ0n) is 10.4. The van der Waals surface area contributed by atoms with Crippen LogP contribution in [0.4, 0.5) is 0 Å². The lowest BCUT2D eigenvalue weighted by Crippen LogP contribution is -1.78. The van der Waals surface area contributed by atoms with Crippen LogP contribution in [-0.2, 0) is 0 Å². The first-order chi connectivity index (χ1) is 6.66. The summed E-state index contributed by atoms with van der Waals surface area (Å²) in [4.78, 5) is 0. The molecule has 0 N–H and O–H groups in total. The normalized spacial score (nSPS) is 11.6. The maximum absolute atomic E-state index is 2.41. The molecule has 0 amide bonds. The van der Waals surface area contributed by atoms with Crippen molar-refractivity contribution in [2.75, 3.05) is 0 Å². The standard InChI is InChI=1S/C14H26/c1-5-6-7-8-11-14(4)12-9-10-13(2)3/h10-11H,5-9,12H2,1-4H3/b14-11+. The van der Waals surface area contributed by atoms with Gasteiger partial charge in [-0.3, -0.25) is 0 Å². The van der Waals surface area contributed by atoms with Crippen LogP contribution in [0, 0.1) is 0 Å². The lowest BCUT2D eigenvalue weighted by Gasteiger charge is -1.99. The summed E-state index contributed by atoms with van der Waals surface area (Å²) in [6.45, 7) is 8.84. The Labute approximate surface area is 90.1 Å². The van der Waals surface area contributed by atoms with Crippen LogP contribution < -0.4 is 0 Å². The van der Waals surface area contributed by atoms with Gasteiger partial charge in [0.15, 0.2) is 0 Å². The molecule has 0 spiro atoms. The van der Waals surface area contributed by atoms with Gasteiger partial charge in [-0.1, -0.05) is 43.1 Å². The highest BCUT2D eigenvalue weighted by Gasteiger charge is 1.89. The number of hydrogen-bond acceptors (Lipinski definition) is 0. The summed E-state index contributed by atoms with van der Waals surface area (Å²) >= 11 is 0. The molecule has 0 fully saturated rings. The van der Waals surface area contributed by atoms with Crippen LogP contribution in [0.3, 0.4) is 0 Å². The highest BCUT2D eigenvalue weighted by molar-refractivity contribution is 5.01. The van der Waals surface area contributed by atoms with E-state index in [4.69, 9.17) is 0 Å². The van der Waals surface area contributed by atoms with Gasteiger partial charge in [-0.2, -0.15) is 0 Å². The smallest absolute Gasteiger partial charge is 0.0288 e. The van der Waals surface area contributed by atoms with Gasteiger partial charge in [-0.15, -0.1) is 0 Å². The molecule has 14 heavy (non-hydrogen) atoms. The van der Waals surface area contributed by atoms with Gasteiger partial charge < -0.3 is 0 Å². The quantitative estimate of drug-likeness (QED) is 0.383. The third-order valence-electron chi connectivity index (χ3n) is 2.39. The molecule has 0 heteroatoms. The molecular weight excluding hydrogens is 168 g/mol. The Morgan fingerprint density at radius 3 is 2.21 bits per heavy atom. The van der Waals surface area contributed by atoms with Crippen LogP contribution in [-0.4, -0.2) is 0 Å². The van der Waals surface area contributed by atoms with E-state index < -0.39 is 0 Å². The number of allylic oxidation sites excluding steroid dienone is 4. The molecule has 82 valence electrons. The predicted molar refractivity (Wildman–Crippen MR) is 66.6 cm³/mol. The number of rotatable bonds is 7. The van der Waals surface area contributed by atoms with E-state index in [0.29, 0.717) is 0 Å². The first-order valence-electron chi connectivity index (χ1n) is 5.95. The molecule has 0 unspecified atom stereocenters. The number of hydrogen-bond donors (Lipinski definition) is 0. The third kappa shape index (κ3) is 9.57.